The molecule has 0 spiro atoms. The summed E-state index contributed by atoms with van der Waals surface area (Å²) in [7, 11) is 0. The number of hydrogen-bond acceptors (Lipinski definition) is 3. The number of H-pyrrole nitrogens is 1. The second-order valence-electron chi connectivity index (χ2n) is 6.84. The van der Waals surface area contributed by atoms with Crippen molar-refractivity contribution in [2.24, 2.45) is 0 Å². The highest BCUT2D eigenvalue weighted by Gasteiger charge is 2.28. The normalized spacial score (nSPS) is 17.1. The zero-order valence-corrected chi connectivity index (χ0v) is 16.7. The van der Waals surface area contributed by atoms with E-state index in [0.29, 0.717) is 19.1 Å². The van der Waals surface area contributed by atoms with Crippen LogP contribution in [0.1, 0.15) is 61.6 Å². The largest absolute Gasteiger partial charge is 0.466 e. The van der Waals surface area contributed by atoms with Gasteiger partial charge in [-0.05, 0) is 48.4 Å². The summed E-state index contributed by atoms with van der Waals surface area (Å²) in [5, 5.41) is 2.24. The molecule has 1 aliphatic heterocycles. The predicted molar refractivity (Wildman–Crippen MR) is 104 cm³/mol. The van der Waals surface area contributed by atoms with Gasteiger partial charge in [-0.1, -0.05) is 35.8 Å². The SMILES string of the molecule is CCOC(=O)CC1OCCc2c1[nH]c1c(C(C)C)cc(CCBr)cc21. The highest BCUT2D eigenvalue weighted by molar-refractivity contribution is 9.09. The maximum atomic E-state index is 11.9. The highest BCUT2D eigenvalue weighted by Crippen LogP contribution is 2.38. The average molecular weight is 408 g/mol. The number of aromatic nitrogens is 1. The molecule has 3 rings (SSSR count). The van der Waals surface area contributed by atoms with Gasteiger partial charge in [-0.25, -0.2) is 0 Å². The van der Waals surface area contributed by atoms with E-state index in [9.17, 15) is 4.79 Å². The van der Waals surface area contributed by atoms with Crippen LogP contribution in [0.15, 0.2) is 12.1 Å². The highest BCUT2D eigenvalue weighted by atomic mass is 79.9. The average Bonchev–Trinajstić information content (AvgIpc) is 2.94. The third-order valence-corrected chi connectivity index (χ3v) is 5.19. The van der Waals surface area contributed by atoms with Gasteiger partial charge in [-0.2, -0.15) is 0 Å². The standard InChI is InChI=1S/C20H26BrNO3/c1-4-24-18(23)11-17-20-14(6-8-25-17)16-10-13(5-7-21)9-15(12(2)3)19(16)22-20/h9-10,12,17,22H,4-8,11H2,1-3H3. The van der Waals surface area contributed by atoms with Crippen LogP contribution >= 0.6 is 15.9 Å². The number of benzene rings is 1. The smallest absolute Gasteiger partial charge is 0.308 e. The van der Waals surface area contributed by atoms with Crippen molar-refractivity contribution >= 4 is 32.8 Å². The molecule has 0 saturated heterocycles. The zero-order valence-electron chi connectivity index (χ0n) is 15.2. The van der Waals surface area contributed by atoms with Gasteiger partial charge in [-0.15, -0.1) is 0 Å². The number of carbonyl (C=O) groups excluding carboxylic acids is 1. The van der Waals surface area contributed by atoms with Crippen molar-refractivity contribution in [3.8, 4) is 0 Å². The fourth-order valence-electron chi connectivity index (χ4n) is 3.63. The van der Waals surface area contributed by atoms with Crippen LogP contribution in [0.3, 0.4) is 0 Å². The maximum absolute atomic E-state index is 11.9. The van der Waals surface area contributed by atoms with Crippen molar-refractivity contribution in [2.75, 3.05) is 18.5 Å². The van der Waals surface area contributed by atoms with E-state index in [-0.39, 0.29) is 18.5 Å². The summed E-state index contributed by atoms with van der Waals surface area (Å²) in [5.41, 5.74) is 6.22. The molecule has 0 amide bonds. The first-order chi connectivity index (χ1) is 12.0. The monoisotopic (exact) mass is 407 g/mol. The Morgan fingerprint density at radius 3 is 2.92 bits per heavy atom. The second-order valence-corrected chi connectivity index (χ2v) is 7.63. The lowest BCUT2D eigenvalue weighted by Crippen LogP contribution is -2.19. The molecule has 25 heavy (non-hydrogen) atoms. The predicted octanol–water partition coefficient (Wildman–Crippen LogP) is 4.80. The summed E-state index contributed by atoms with van der Waals surface area (Å²) in [6.45, 7) is 7.31. The first kappa shape index (κ1) is 18.5. The molecule has 0 saturated carbocycles. The molecule has 1 atom stereocenters. The Morgan fingerprint density at radius 1 is 1.44 bits per heavy atom. The minimum Gasteiger partial charge on any atom is -0.466 e. The molecule has 1 aliphatic rings. The van der Waals surface area contributed by atoms with Gasteiger partial charge >= 0.3 is 5.97 Å². The molecule has 1 unspecified atom stereocenters. The van der Waals surface area contributed by atoms with Gasteiger partial charge in [0.1, 0.15) is 6.10 Å². The van der Waals surface area contributed by atoms with Crippen molar-refractivity contribution in [2.45, 2.75) is 52.1 Å². The topological polar surface area (TPSA) is 51.3 Å². The van der Waals surface area contributed by atoms with E-state index in [1.807, 2.05) is 6.92 Å². The Morgan fingerprint density at radius 2 is 2.24 bits per heavy atom. The number of fused-ring (bicyclic) bond motifs is 3. The fourth-order valence-corrected chi connectivity index (χ4v) is 4.09. The number of ether oxygens (including phenoxy) is 2. The lowest BCUT2D eigenvalue weighted by atomic mass is 9.94. The number of carbonyl (C=O) groups is 1. The summed E-state index contributed by atoms with van der Waals surface area (Å²) < 4.78 is 11.0. The van der Waals surface area contributed by atoms with E-state index >= 15 is 0 Å². The van der Waals surface area contributed by atoms with Gasteiger partial charge in [0.2, 0.25) is 0 Å². The number of halogens is 1. The number of esters is 1. The number of alkyl halides is 1. The van der Waals surface area contributed by atoms with Gasteiger partial charge in [0.15, 0.2) is 0 Å². The molecule has 4 nitrogen and oxygen atoms in total. The van der Waals surface area contributed by atoms with Gasteiger partial charge in [0, 0.05) is 21.9 Å². The van der Waals surface area contributed by atoms with Crippen molar-refractivity contribution in [1.29, 1.82) is 0 Å². The summed E-state index contributed by atoms with van der Waals surface area (Å²) in [5.74, 6) is 0.227. The summed E-state index contributed by atoms with van der Waals surface area (Å²) in [6, 6.07) is 4.60. The number of aryl methyl sites for hydroxylation is 1. The van der Waals surface area contributed by atoms with Gasteiger partial charge < -0.3 is 14.5 Å². The molecule has 0 bridgehead atoms. The van der Waals surface area contributed by atoms with Crippen LogP contribution in [0, 0.1) is 0 Å². The van der Waals surface area contributed by atoms with Crippen LogP contribution in [0.2, 0.25) is 0 Å². The summed E-state index contributed by atoms with van der Waals surface area (Å²) >= 11 is 3.55. The van der Waals surface area contributed by atoms with Crippen LogP contribution in [0.5, 0.6) is 0 Å². The molecule has 0 fully saturated rings. The Labute approximate surface area is 157 Å². The minimum atomic E-state index is -0.241. The second kappa shape index (κ2) is 7.92. The van der Waals surface area contributed by atoms with E-state index in [1.165, 1.54) is 27.6 Å². The summed E-state index contributed by atoms with van der Waals surface area (Å²) in [4.78, 5) is 15.5. The van der Waals surface area contributed by atoms with Gasteiger partial charge in [0.05, 0.1) is 19.6 Å². The van der Waals surface area contributed by atoms with Crippen molar-refractivity contribution in [1.82, 2.24) is 4.98 Å². The van der Waals surface area contributed by atoms with E-state index < -0.39 is 0 Å². The third kappa shape index (κ3) is 3.77. The molecule has 1 aromatic carbocycles. The molecular formula is C20H26BrNO3. The summed E-state index contributed by atoms with van der Waals surface area (Å²) in [6.07, 6.45) is 1.91. The van der Waals surface area contributed by atoms with Gasteiger partial charge in [0.25, 0.3) is 0 Å². The van der Waals surface area contributed by atoms with E-state index in [2.05, 4.69) is 46.9 Å². The molecule has 2 heterocycles. The molecule has 0 radical (unpaired) electrons. The molecular weight excluding hydrogens is 382 g/mol. The molecule has 0 aliphatic carbocycles. The Bertz CT molecular complexity index is 766. The first-order valence-electron chi connectivity index (χ1n) is 9.05. The van der Waals surface area contributed by atoms with Crippen LogP contribution < -0.4 is 0 Å². The maximum Gasteiger partial charge on any atom is 0.308 e. The minimum absolute atomic E-state index is 0.205. The zero-order chi connectivity index (χ0) is 18.0. The Hall–Kier alpha value is -1.33. The third-order valence-electron chi connectivity index (χ3n) is 4.79. The Balaban J connectivity index is 2.07. The van der Waals surface area contributed by atoms with Crippen LogP contribution in [0.25, 0.3) is 10.9 Å². The number of rotatable bonds is 6. The molecule has 5 heteroatoms. The van der Waals surface area contributed by atoms with E-state index in [4.69, 9.17) is 9.47 Å². The lowest BCUT2D eigenvalue weighted by molar-refractivity contribution is -0.146. The first-order valence-corrected chi connectivity index (χ1v) is 10.2. The molecule has 2 aromatic rings. The quantitative estimate of drug-likeness (QED) is 0.552. The Kier molecular flexibility index (Phi) is 5.85. The number of hydrogen-bond donors (Lipinski definition) is 1. The molecule has 1 aromatic heterocycles. The van der Waals surface area contributed by atoms with Crippen LogP contribution in [-0.4, -0.2) is 29.5 Å². The molecule has 136 valence electrons. The van der Waals surface area contributed by atoms with Crippen molar-refractivity contribution in [3.05, 3.63) is 34.5 Å². The van der Waals surface area contributed by atoms with E-state index in [1.54, 1.807) is 0 Å². The van der Waals surface area contributed by atoms with Crippen LogP contribution in [-0.2, 0) is 27.1 Å². The fraction of sp³-hybridized carbons (Fsp3) is 0.550. The van der Waals surface area contributed by atoms with Gasteiger partial charge in [-0.3, -0.25) is 4.79 Å². The molecule has 1 N–H and O–H groups in total. The van der Waals surface area contributed by atoms with E-state index in [0.717, 1.165) is 23.9 Å². The number of aromatic amines is 1. The van der Waals surface area contributed by atoms with Crippen molar-refractivity contribution < 1.29 is 14.3 Å². The lowest BCUT2D eigenvalue weighted by Gasteiger charge is -2.22. The number of nitrogens with one attached hydrogen (secondary N) is 1. The van der Waals surface area contributed by atoms with Crippen molar-refractivity contribution in [3.63, 3.8) is 0 Å². The van der Waals surface area contributed by atoms with Crippen LogP contribution in [0.4, 0.5) is 0 Å².